The maximum absolute atomic E-state index is 14.2. The van der Waals surface area contributed by atoms with Gasteiger partial charge >= 0.3 is 0 Å². The highest BCUT2D eigenvalue weighted by Gasteiger charge is 2.81. The summed E-state index contributed by atoms with van der Waals surface area (Å²) >= 11 is 0. The largest absolute Gasteiger partial charge is 0.446 e. The van der Waals surface area contributed by atoms with Crippen LogP contribution in [0.5, 0.6) is 0 Å². The fourth-order valence-electron chi connectivity index (χ4n) is 6.40. The first-order valence-corrected chi connectivity index (χ1v) is 11.1. The third-order valence-electron chi connectivity index (χ3n) is 7.49. The van der Waals surface area contributed by atoms with E-state index in [0.29, 0.717) is 36.1 Å². The first-order valence-electron chi connectivity index (χ1n) is 11.1. The number of allylic oxidation sites excluding steroid dienone is 1. The Labute approximate surface area is 191 Å². The lowest BCUT2D eigenvalue weighted by molar-refractivity contribution is -0.130. The molecule has 2 atom stereocenters. The molecule has 0 spiro atoms. The average Bonchev–Trinajstić information content (AvgIpc) is 3.26. The van der Waals surface area contributed by atoms with Crippen molar-refractivity contribution in [3.63, 3.8) is 0 Å². The van der Waals surface area contributed by atoms with Gasteiger partial charge in [0.25, 0.3) is 0 Å². The van der Waals surface area contributed by atoms with Crippen molar-refractivity contribution in [2.75, 3.05) is 0 Å². The van der Waals surface area contributed by atoms with Crippen molar-refractivity contribution >= 4 is 11.6 Å². The summed E-state index contributed by atoms with van der Waals surface area (Å²) in [7, 11) is 0. The van der Waals surface area contributed by atoms with Gasteiger partial charge < -0.3 is 15.4 Å². The Bertz CT molecular complexity index is 1360. The fourth-order valence-corrected chi connectivity index (χ4v) is 6.40. The van der Waals surface area contributed by atoms with Gasteiger partial charge in [-0.2, -0.15) is 5.26 Å². The first-order chi connectivity index (χ1) is 15.8. The summed E-state index contributed by atoms with van der Waals surface area (Å²) < 4.78 is 6.43. The minimum atomic E-state index is -1.58. The van der Waals surface area contributed by atoms with E-state index in [4.69, 9.17) is 10.5 Å². The smallest absolute Gasteiger partial charge is 0.234 e. The minimum absolute atomic E-state index is 0.0415. The zero-order chi connectivity index (χ0) is 23.2. The maximum Gasteiger partial charge on any atom is 0.234 e. The van der Waals surface area contributed by atoms with Gasteiger partial charge in [-0.25, -0.2) is 0 Å². The van der Waals surface area contributed by atoms with Crippen LogP contribution in [0, 0.1) is 22.2 Å². The van der Waals surface area contributed by atoms with Crippen molar-refractivity contribution in [1.82, 2.24) is 4.90 Å². The molecule has 0 aromatic heterocycles. The zero-order valence-electron chi connectivity index (χ0n) is 18.5. The molecule has 2 aromatic rings. The van der Waals surface area contributed by atoms with E-state index < -0.39 is 11.1 Å². The molecule has 2 heterocycles. The predicted molar refractivity (Wildman–Crippen MR) is 120 cm³/mol. The third-order valence-corrected chi connectivity index (χ3v) is 7.49. The quantitative estimate of drug-likeness (QED) is 0.765. The molecule has 6 nitrogen and oxygen atoms in total. The van der Waals surface area contributed by atoms with Crippen LogP contribution in [0.25, 0.3) is 0 Å². The second-order valence-electron chi connectivity index (χ2n) is 10.1. The second-order valence-corrected chi connectivity index (χ2v) is 10.1. The monoisotopic (exact) mass is 437 g/mol. The van der Waals surface area contributed by atoms with Crippen LogP contribution in [-0.2, 0) is 21.8 Å². The highest BCUT2D eigenvalue weighted by atomic mass is 16.5. The molecule has 0 unspecified atom stereocenters. The molecule has 2 aliphatic heterocycles. The molecule has 6 rings (SSSR count). The van der Waals surface area contributed by atoms with Gasteiger partial charge in [0.2, 0.25) is 11.6 Å². The summed E-state index contributed by atoms with van der Waals surface area (Å²) in [6.45, 7) is 4.53. The van der Waals surface area contributed by atoms with Gasteiger partial charge in [-0.05, 0) is 17.4 Å². The molecule has 0 bridgehead atoms. The van der Waals surface area contributed by atoms with Crippen LogP contribution in [0.15, 0.2) is 77.3 Å². The lowest BCUT2D eigenvalue weighted by atomic mass is 9.64. The molecule has 0 saturated heterocycles. The van der Waals surface area contributed by atoms with Gasteiger partial charge in [-0.15, -0.1) is 0 Å². The standard InChI is InChI=1S/C27H23N3O3/c1-25(2)12-20-22(21(31)13-25)26-19(14-28)24(29)33-27(26,18-11-7-6-10-17(18)23(26)32)30(20)15-16-8-4-3-5-9-16/h3-11H,12-13,15,29H2,1-2H3/t26-,27-/m1/s1. The van der Waals surface area contributed by atoms with E-state index in [9.17, 15) is 14.9 Å². The van der Waals surface area contributed by atoms with Crippen molar-refractivity contribution in [3.8, 4) is 6.07 Å². The van der Waals surface area contributed by atoms with E-state index in [1.165, 1.54) is 0 Å². The van der Waals surface area contributed by atoms with Crippen molar-refractivity contribution < 1.29 is 14.3 Å². The minimum Gasteiger partial charge on any atom is -0.446 e. The number of hydrogen-bond acceptors (Lipinski definition) is 6. The number of benzene rings is 2. The Hall–Kier alpha value is -3.85. The SMILES string of the molecule is CC1(C)CC(=O)C2=C(C1)N(Cc1ccccc1)[C@]13OC(N)=C(C#N)[C@]21C(=O)c1ccccc13. The second kappa shape index (κ2) is 6.14. The van der Waals surface area contributed by atoms with Crippen LogP contribution in [0.3, 0.4) is 0 Å². The van der Waals surface area contributed by atoms with E-state index in [1.807, 2.05) is 47.4 Å². The molecule has 0 amide bonds. The number of carbonyl (C=O) groups is 2. The summed E-state index contributed by atoms with van der Waals surface area (Å²) in [5, 5.41) is 10.2. The van der Waals surface area contributed by atoms with Gasteiger partial charge in [0.05, 0.1) is 0 Å². The number of nitrogens with two attached hydrogens (primary N) is 1. The van der Waals surface area contributed by atoms with Crippen LogP contribution in [0.2, 0.25) is 0 Å². The molecule has 0 fully saturated rings. The summed E-state index contributed by atoms with van der Waals surface area (Å²) in [6, 6.07) is 19.3. The van der Waals surface area contributed by atoms with Crippen LogP contribution >= 0.6 is 0 Å². The lowest BCUT2D eigenvalue weighted by Gasteiger charge is -2.42. The number of nitriles is 1. The van der Waals surface area contributed by atoms with E-state index >= 15 is 0 Å². The molecule has 2 aromatic carbocycles. The highest BCUT2D eigenvalue weighted by Crippen LogP contribution is 2.72. The van der Waals surface area contributed by atoms with Gasteiger partial charge in [0, 0.05) is 35.4 Å². The topological polar surface area (TPSA) is 96.4 Å². The molecule has 0 saturated carbocycles. The Morgan fingerprint density at radius 1 is 1.06 bits per heavy atom. The number of hydrogen-bond donors (Lipinski definition) is 1. The summed E-state index contributed by atoms with van der Waals surface area (Å²) in [6.07, 6.45) is 0.896. The van der Waals surface area contributed by atoms with Gasteiger partial charge in [0.15, 0.2) is 17.0 Å². The van der Waals surface area contributed by atoms with Crippen molar-refractivity contribution in [1.29, 1.82) is 5.26 Å². The van der Waals surface area contributed by atoms with Crippen molar-refractivity contribution in [2.45, 2.75) is 39.0 Å². The number of Topliss-reactive ketones (excluding diaryl/α,β-unsaturated/α-hetero) is 2. The van der Waals surface area contributed by atoms with Gasteiger partial charge in [0.1, 0.15) is 11.6 Å². The number of nitrogens with zero attached hydrogens (tertiary/aromatic N) is 2. The number of carbonyl (C=O) groups excluding carboxylic acids is 2. The normalized spacial score (nSPS) is 28.8. The summed E-state index contributed by atoms with van der Waals surface area (Å²) in [5.74, 6) is -0.484. The fraction of sp³-hybridized carbons (Fsp3) is 0.296. The molecule has 0 radical (unpaired) electrons. The molecule has 6 heteroatoms. The Morgan fingerprint density at radius 3 is 2.48 bits per heavy atom. The van der Waals surface area contributed by atoms with E-state index in [2.05, 4.69) is 19.9 Å². The highest BCUT2D eigenvalue weighted by molar-refractivity contribution is 6.19. The number of rotatable bonds is 2. The Morgan fingerprint density at radius 2 is 1.76 bits per heavy atom. The number of fused-ring (bicyclic) bond motifs is 1. The Balaban J connectivity index is 1.72. The van der Waals surface area contributed by atoms with E-state index in [0.717, 1.165) is 11.3 Å². The molecule has 2 aliphatic carbocycles. The van der Waals surface area contributed by atoms with Crippen molar-refractivity contribution in [2.24, 2.45) is 16.6 Å². The first kappa shape index (κ1) is 19.8. The average molecular weight is 437 g/mol. The molecule has 4 aliphatic rings. The van der Waals surface area contributed by atoms with E-state index in [-0.39, 0.29) is 28.4 Å². The van der Waals surface area contributed by atoms with Crippen LogP contribution in [-0.4, -0.2) is 16.5 Å². The summed E-state index contributed by atoms with van der Waals surface area (Å²) in [4.78, 5) is 30.0. The van der Waals surface area contributed by atoms with E-state index in [1.54, 1.807) is 12.1 Å². The molecule has 2 N–H and O–H groups in total. The number of ketones is 2. The maximum atomic E-state index is 14.2. The molecular weight excluding hydrogens is 414 g/mol. The van der Waals surface area contributed by atoms with Crippen LogP contribution in [0.4, 0.5) is 0 Å². The van der Waals surface area contributed by atoms with Gasteiger partial charge in [-0.3, -0.25) is 9.59 Å². The molecule has 164 valence electrons. The lowest BCUT2D eigenvalue weighted by Crippen LogP contribution is -2.51. The van der Waals surface area contributed by atoms with Crippen LogP contribution < -0.4 is 5.73 Å². The molecule has 33 heavy (non-hydrogen) atoms. The summed E-state index contributed by atoms with van der Waals surface area (Å²) in [5.41, 5.74) is 6.38. The van der Waals surface area contributed by atoms with Gasteiger partial charge in [-0.1, -0.05) is 68.4 Å². The molecular formula is C27H23N3O3. The van der Waals surface area contributed by atoms with Crippen molar-refractivity contribution in [3.05, 3.63) is 94.0 Å². The zero-order valence-corrected chi connectivity index (χ0v) is 18.5. The Kier molecular flexibility index (Phi) is 3.68. The number of ether oxygens (including phenoxy) is 1. The predicted octanol–water partition coefficient (Wildman–Crippen LogP) is 3.91. The third kappa shape index (κ3) is 2.13. The van der Waals surface area contributed by atoms with Crippen LogP contribution in [0.1, 0.15) is 48.2 Å².